The van der Waals surface area contributed by atoms with Gasteiger partial charge in [0.25, 0.3) is 0 Å². The molecule has 1 aliphatic rings. The number of quaternary nitrogens is 1. The Kier molecular flexibility index (Phi) is 4.19. The third-order valence-corrected chi connectivity index (χ3v) is 3.01. The number of benzene rings is 1. The van der Waals surface area contributed by atoms with Crippen LogP contribution in [-0.2, 0) is 11.3 Å². The Morgan fingerprint density at radius 2 is 2.31 bits per heavy atom. The molecule has 0 aromatic heterocycles. The van der Waals surface area contributed by atoms with Crippen LogP contribution in [0.3, 0.4) is 0 Å². The standard InChI is InChI=1S/C13H19NO2/c1-15-13-7-3-2-5-11(13)9-14-10-12-6-4-8-16-12/h2-3,5,7,12,14H,4,6,8-10H2,1H3/p+1/t12-/m0/s1. The average Bonchev–Trinajstić information content (AvgIpc) is 2.83. The maximum Gasteiger partial charge on any atom is 0.127 e. The van der Waals surface area contributed by atoms with Gasteiger partial charge in [0.1, 0.15) is 24.9 Å². The Bertz CT molecular complexity index is 321. The highest BCUT2D eigenvalue weighted by Gasteiger charge is 2.16. The first-order valence-corrected chi connectivity index (χ1v) is 5.95. The van der Waals surface area contributed by atoms with Crippen molar-refractivity contribution >= 4 is 0 Å². The van der Waals surface area contributed by atoms with Crippen molar-refractivity contribution in [2.75, 3.05) is 20.3 Å². The molecule has 3 heteroatoms. The lowest BCUT2D eigenvalue weighted by Crippen LogP contribution is -2.84. The first kappa shape index (κ1) is 11.4. The molecule has 0 bridgehead atoms. The van der Waals surface area contributed by atoms with Crippen molar-refractivity contribution in [1.82, 2.24) is 0 Å². The minimum Gasteiger partial charge on any atom is -0.496 e. The minimum absolute atomic E-state index is 0.453. The highest BCUT2D eigenvalue weighted by Crippen LogP contribution is 2.15. The fraction of sp³-hybridized carbons (Fsp3) is 0.538. The lowest BCUT2D eigenvalue weighted by atomic mass is 10.2. The van der Waals surface area contributed by atoms with Crippen molar-refractivity contribution in [3.05, 3.63) is 29.8 Å². The Morgan fingerprint density at radius 1 is 1.44 bits per heavy atom. The number of nitrogens with two attached hydrogens (primary N) is 1. The molecule has 0 amide bonds. The van der Waals surface area contributed by atoms with Crippen LogP contribution in [0.1, 0.15) is 18.4 Å². The number of hydrogen-bond donors (Lipinski definition) is 1. The predicted octanol–water partition coefficient (Wildman–Crippen LogP) is 0.938. The topological polar surface area (TPSA) is 35.1 Å². The van der Waals surface area contributed by atoms with Gasteiger partial charge in [-0.15, -0.1) is 0 Å². The molecule has 1 saturated heterocycles. The molecule has 2 N–H and O–H groups in total. The van der Waals surface area contributed by atoms with Gasteiger partial charge in [-0.1, -0.05) is 12.1 Å². The van der Waals surface area contributed by atoms with Gasteiger partial charge in [-0.3, -0.25) is 0 Å². The summed E-state index contributed by atoms with van der Waals surface area (Å²) in [6.45, 7) is 2.95. The highest BCUT2D eigenvalue weighted by molar-refractivity contribution is 5.32. The molecule has 0 saturated carbocycles. The van der Waals surface area contributed by atoms with Crippen molar-refractivity contribution in [1.29, 1.82) is 0 Å². The van der Waals surface area contributed by atoms with E-state index in [2.05, 4.69) is 17.4 Å². The molecule has 1 fully saturated rings. The van der Waals surface area contributed by atoms with Crippen LogP contribution in [0.5, 0.6) is 5.75 Å². The summed E-state index contributed by atoms with van der Waals surface area (Å²) < 4.78 is 10.9. The minimum atomic E-state index is 0.453. The molecule has 0 aliphatic carbocycles. The van der Waals surface area contributed by atoms with Crippen molar-refractivity contribution in [2.45, 2.75) is 25.5 Å². The van der Waals surface area contributed by atoms with Crippen molar-refractivity contribution in [3.8, 4) is 5.75 Å². The molecule has 0 radical (unpaired) electrons. The second kappa shape index (κ2) is 5.87. The van der Waals surface area contributed by atoms with Gasteiger partial charge in [-0.2, -0.15) is 0 Å². The van der Waals surface area contributed by atoms with Gasteiger partial charge in [0.05, 0.1) is 7.11 Å². The molecule has 2 rings (SSSR count). The van der Waals surface area contributed by atoms with Crippen LogP contribution >= 0.6 is 0 Å². The number of para-hydroxylation sites is 1. The number of rotatable bonds is 5. The zero-order valence-corrected chi connectivity index (χ0v) is 9.82. The van der Waals surface area contributed by atoms with E-state index >= 15 is 0 Å². The Hall–Kier alpha value is -1.06. The number of methoxy groups -OCH3 is 1. The van der Waals surface area contributed by atoms with Gasteiger partial charge >= 0.3 is 0 Å². The van der Waals surface area contributed by atoms with E-state index in [1.807, 2.05) is 12.1 Å². The first-order valence-electron chi connectivity index (χ1n) is 5.95. The van der Waals surface area contributed by atoms with Crippen LogP contribution in [0.15, 0.2) is 24.3 Å². The van der Waals surface area contributed by atoms with Crippen molar-refractivity contribution < 1.29 is 14.8 Å². The number of hydrogen-bond acceptors (Lipinski definition) is 2. The monoisotopic (exact) mass is 222 g/mol. The Balaban J connectivity index is 1.79. The van der Waals surface area contributed by atoms with Crippen LogP contribution in [0, 0.1) is 0 Å². The van der Waals surface area contributed by atoms with Crippen LogP contribution in [0.4, 0.5) is 0 Å². The Labute approximate surface area is 96.8 Å². The lowest BCUT2D eigenvalue weighted by molar-refractivity contribution is -0.676. The molecule has 3 nitrogen and oxygen atoms in total. The van der Waals surface area contributed by atoms with E-state index in [-0.39, 0.29) is 0 Å². The van der Waals surface area contributed by atoms with Gasteiger partial charge < -0.3 is 14.8 Å². The quantitative estimate of drug-likeness (QED) is 0.804. The summed E-state index contributed by atoms with van der Waals surface area (Å²) in [4.78, 5) is 0. The molecule has 88 valence electrons. The fourth-order valence-electron chi connectivity index (χ4n) is 2.13. The number of ether oxygens (including phenoxy) is 2. The molecule has 1 heterocycles. The second-order valence-electron chi connectivity index (χ2n) is 4.18. The molecule has 0 spiro atoms. The summed E-state index contributed by atoms with van der Waals surface area (Å²) >= 11 is 0. The third-order valence-electron chi connectivity index (χ3n) is 3.01. The zero-order valence-electron chi connectivity index (χ0n) is 9.82. The van der Waals surface area contributed by atoms with E-state index in [1.54, 1.807) is 7.11 Å². The van der Waals surface area contributed by atoms with E-state index in [0.29, 0.717) is 6.10 Å². The molecular formula is C13H20NO2+. The molecular weight excluding hydrogens is 202 g/mol. The lowest BCUT2D eigenvalue weighted by Gasteiger charge is -2.10. The van der Waals surface area contributed by atoms with E-state index in [0.717, 1.165) is 25.4 Å². The Morgan fingerprint density at radius 3 is 3.06 bits per heavy atom. The van der Waals surface area contributed by atoms with Crippen LogP contribution < -0.4 is 10.1 Å². The maximum absolute atomic E-state index is 5.58. The van der Waals surface area contributed by atoms with E-state index in [1.165, 1.54) is 18.4 Å². The van der Waals surface area contributed by atoms with Crippen molar-refractivity contribution in [2.24, 2.45) is 0 Å². The molecule has 1 aromatic rings. The van der Waals surface area contributed by atoms with Gasteiger partial charge in [-0.25, -0.2) is 0 Å². The van der Waals surface area contributed by atoms with Gasteiger partial charge in [0.2, 0.25) is 0 Å². The summed E-state index contributed by atoms with van der Waals surface area (Å²) in [7, 11) is 1.72. The molecule has 1 aromatic carbocycles. The van der Waals surface area contributed by atoms with E-state index in [9.17, 15) is 0 Å². The predicted molar refractivity (Wildman–Crippen MR) is 62.5 cm³/mol. The average molecular weight is 222 g/mol. The summed E-state index contributed by atoms with van der Waals surface area (Å²) in [5.41, 5.74) is 1.25. The maximum atomic E-state index is 5.58. The molecule has 16 heavy (non-hydrogen) atoms. The summed E-state index contributed by atoms with van der Waals surface area (Å²) in [6.07, 6.45) is 2.88. The van der Waals surface area contributed by atoms with E-state index in [4.69, 9.17) is 9.47 Å². The van der Waals surface area contributed by atoms with Crippen LogP contribution in [0.25, 0.3) is 0 Å². The summed E-state index contributed by atoms with van der Waals surface area (Å²) in [5.74, 6) is 0.978. The normalized spacial score (nSPS) is 19.9. The largest absolute Gasteiger partial charge is 0.496 e. The molecule has 0 unspecified atom stereocenters. The van der Waals surface area contributed by atoms with Crippen molar-refractivity contribution in [3.63, 3.8) is 0 Å². The molecule has 1 atom stereocenters. The summed E-state index contributed by atoms with van der Waals surface area (Å²) in [5, 5.41) is 2.30. The fourth-order valence-corrected chi connectivity index (χ4v) is 2.13. The van der Waals surface area contributed by atoms with Gasteiger partial charge in [0.15, 0.2) is 0 Å². The van der Waals surface area contributed by atoms with E-state index < -0.39 is 0 Å². The third kappa shape index (κ3) is 2.97. The SMILES string of the molecule is COc1ccccc1C[NH2+]C[C@@H]1CCCO1. The molecule has 1 aliphatic heterocycles. The second-order valence-corrected chi connectivity index (χ2v) is 4.18. The van der Waals surface area contributed by atoms with Gasteiger partial charge in [0, 0.05) is 12.2 Å². The first-order chi connectivity index (χ1) is 7.90. The van der Waals surface area contributed by atoms with Gasteiger partial charge in [-0.05, 0) is 25.0 Å². The smallest absolute Gasteiger partial charge is 0.127 e. The summed E-state index contributed by atoms with van der Waals surface area (Å²) in [6, 6.07) is 8.18. The zero-order chi connectivity index (χ0) is 11.2. The van der Waals surface area contributed by atoms with Crippen LogP contribution in [0.2, 0.25) is 0 Å². The van der Waals surface area contributed by atoms with Crippen LogP contribution in [-0.4, -0.2) is 26.4 Å². The highest BCUT2D eigenvalue weighted by atomic mass is 16.5.